The van der Waals surface area contributed by atoms with Crippen LogP contribution in [-0.4, -0.2) is 55.5 Å². The van der Waals surface area contributed by atoms with Crippen LogP contribution in [0.15, 0.2) is 29.3 Å². The molecule has 0 spiro atoms. The van der Waals surface area contributed by atoms with Gasteiger partial charge in [0.25, 0.3) is 5.56 Å². The Hall–Kier alpha value is -2.97. The van der Waals surface area contributed by atoms with E-state index in [1.165, 1.54) is 12.8 Å². The number of hydrogen-bond acceptors (Lipinski definition) is 7. The molecule has 0 radical (unpaired) electrons. The largest absolute Gasteiger partial charge is 0.355 e. The molecule has 0 saturated carbocycles. The van der Waals surface area contributed by atoms with Crippen LogP contribution in [-0.2, 0) is 7.05 Å². The Balaban J connectivity index is 1.37. The van der Waals surface area contributed by atoms with Crippen molar-refractivity contribution in [2.24, 2.45) is 7.05 Å². The minimum Gasteiger partial charge on any atom is -0.355 e. The van der Waals surface area contributed by atoms with E-state index in [-0.39, 0.29) is 11.5 Å². The van der Waals surface area contributed by atoms with Crippen LogP contribution in [0.4, 0.5) is 11.6 Å². The standard InChI is InChI=1S/C19H24N8O/c1-24-13-8-20-18(19(24)28)26-11-6-14(7-12-26)17-22-21-15-4-5-16(23-27(15)17)25-9-2-3-10-25/h4-5,8,13-14H,2-3,6-7,9-12H2,1H3. The van der Waals surface area contributed by atoms with Crippen molar-refractivity contribution < 1.29 is 0 Å². The first-order valence-electron chi connectivity index (χ1n) is 9.94. The zero-order valence-corrected chi connectivity index (χ0v) is 16.0. The highest BCUT2D eigenvalue weighted by molar-refractivity contribution is 5.46. The van der Waals surface area contributed by atoms with Gasteiger partial charge in [-0.1, -0.05) is 0 Å². The molecule has 0 amide bonds. The second-order valence-electron chi connectivity index (χ2n) is 7.64. The summed E-state index contributed by atoms with van der Waals surface area (Å²) in [6.07, 6.45) is 7.61. The Labute approximate surface area is 162 Å². The van der Waals surface area contributed by atoms with Crippen molar-refractivity contribution in [3.63, 3.8) is 0 Å². The lowest BCUT2D eigenvalue weighted by Crippen LogP contribution is -2.38. The van der Waals surface area contributed by atoms with Crippen molar-refractivity contribution >= 4 is 17.3 Å². The summed E-state index contributed by atoms with van der Waals surface area (Å²) < 4.78 is 3.48. The second-order valence-corrected chi connectivity index (χ2v) is 7.64. The Morgan fingerprint density at radius 2 is 1.79 bits per heavy atom. The molecule has 3 aromatic heterocycles. The molecule has 2 aliphatic rings. The molecular weight excluding hydrogens is 356 g/mol. The van der Waals surface area contributed by atoms with Gasteiger partial charge in [-0.05, 0) is 37.8 Å². The Morgan fingerprint density at radius 1 is 1.00 bits per heavy atom. The molecule has 2 aliphatic heterocycles. The van der Waals surface area contributed by atoms with E-state index in [1.54, 1.807) is 24.0 Å². The van der Waals surface area contributed by atoms with Crippen LogP contribution in [0.5, 0.6) is 0 Å². The Bertz CT molecular complexity index is 1040. The Kier molecular flexibility index (Phi) is 4.22. The third kappa shape index (κ3) is 2.90. The molecule has 0 unspecified atom stereocenters. The molecule has 28 heavy (non-hydrogen) atoms. The van der Waals surface area contributed by atoms with Gasteiger partial charge >= 0.3 is 0 Å². The van der Waals surface area contributed by atoms with E-state index in [0.717, 1.165) is 56.3 Å². The maximum atomic E-state index is 12.3. The highest BCUT2D eigenvalue weighted by Gasteiger charge is 2.27. The van der Waals surface area contributed by atoms with Crippen molar-refractivity contribution in [1.82, 2.24) is 29.4 Å². The van der Waals surface area contributed by atoms with Crippen LogP contribution in [0.2, 0.25) is 0 Å². The summed E-state index contributed by atoms with van der Waals surface area (Å²) in [7, 11) is 1.76. The van der Waals surface area contributed by atoms with Crippen molar-refractivity contribution in [2.45, 2.75) is 31.6 Å². The molecule has 0 bridgehead atoms. The molecule has 0 aliphatic carbocycles. The van der Waals surface area contributed by atoms with Crippen LogP contribution < -0.4 is 15.4 Å². The molecule has 146 valence electrons. The number of aryl methyl sites for hydroxylation is 1. The minimum atomic E-state index is -0.0502. The summed E-state index contributed by atoms with van der Waals surface area (Å²) in [5.74, 6) is 2.73. The zero-order valence-electron chi connectivity index (χ0n) is 16.0. The van der Waals surface area contributed by atoms with Crippen LogP contribution in [0.3, 0.4) is 0 Å². The molecule has 9 heteroatoms. The molecule has 0 aromatic carbocycles. The summed E-state index contributed by atoms with van der Waals surface area (Å²) >= 11 is 0. The van der Waals surface area contributed by atoms with Crippen molar-refractivity contribution in [3.05, 3.63) is 40.7 Å². The fourth-order valence-electron chi connectivity index (χ4n) is 4.22. The molecule has 0 atom stereocenters. The average Bonchev–Trinajstić information content (AvgIpc) is 3.40. The van der Waals surface area contributed by atoms with Crippen molar-refractivity contribution in [3.8, 4) is 0 Å². The highest BCUT2D eigenvalue weighted by atomic mass is 16.1. The van der Waals surface area contributed by atoms with Crippen LogP contribution >= 0.6 is 0 Å². The minimum absolute atomic E-state index is 0.0502. The maximum Gasteiger partial charge on any atom is 0.293 e. The van der Waals surface area contributed by atoms with Crippen LogP contribution in [0.1, 0.15) is 37.4 Å². The summed E-state index contributed by atoms with van der Waals surface area (Å²) in [6.45, 7) is 3.68. The van der Waals surface area contributed by atoms with Gasteiger partial charge in [-0.2, -0.15) is 4.52 Å². The van der Waals surface area contributed by atoms with E-state index in [4.69, 9.17) is 5.10 Å². The number of rotatable bonds is 3. The van der Waals surface area contributed by atoms with Gasteiger partial charge in [0.1, 0.15) is 5.82 Å². The molecule has 5 rings (SSSR count). The van der Waals surface area contributed by atoms with Gasteiger partial charge in [0.15, 0.2) is 17.3 Å². The van der Waals surface area contributed by atoms with Crippen molar-refractivity contribution in [1.29, 1.82) is 0 Å². The van der Waals surface area contributed by atoms with Gasteiger partial charge in [-0.3, -0.25) is 4.79 Å². The molecular formula is C19H24N8O. The van der Waals surface area contributed by atoms with E-state index in [0.29, 0.717) is 5.82 Å². The molecule has 2 fully saturated rings. The molecule has 9 nitrogen and oxygen atoms in total. The second kappa shape index (κ2) is 6.88. The van der Waals surface area contributed by atoms with E-state index in [1.807, 2.05) is 16.6 Å². The quantitative estimate of drug-likeness (QED) is 0.675. The first-order chi connectivity index (χ1) is 13.7. The first-order valence-corrected chi connectivity index (χ1v) is 9.94. The predicted molar refractivity (Wildman–Crippen MR) is 106 cm³/mol. The number of fused-ring (bicyclic) bond motifs is 1. The fraction of sp³-hybridized carbons (Fsp3) is 0.526. The maximum absolute atomic E-state index is 12.3. The normalized spacial score (nSPS) is 18.3. The van der Waals surface area contributed by atoms with Crippen LogP contribution in [0, 0.1) is 0 Å². The van der Waals surface area contributed by atoms with Gasteiger partial charge in [-0.25, -0.2) is 4.98 Å². The number of piperidine rings is 1. The van der Waals surface area contributed by atoms with Crippen molar-refractivity contribution in [2.75, 3.05) is 36.0 Å². The lowest BCUT2D eigenvalue weighted by molar-refractivity contribution is 0.473. The monoisotopic (exact) mass is 380 g/mol. The third-order valence-electron chi connectivity index (χ3n) is 5.86. The topological polar surface area (TPSA) is 84.5 Å². The van der Waals surface area contributed by atoms with Gasteiger partial charge < -0.3 is 14.4 Å². The molecule has 5 heterocycles. The summed E-state index contributed by atoms with van der Waals surface area (Å²) in [5, 5.41) is 13.6. The molecule has 3 aromatic rings. The van der Waals surface area contributed by atoms with Gasteiger partial charge in [-0.15, -0.1) is 15.3 Å². The van der Waals surface area contributed by atoms with Gasteiger partial charge in [0.05, 0.1) is 0 Å². The number of nitrogens with zero attached hydrogens (tertiary/aromatic N) is 8. The van der Waals surface area contributed by atoms with Gasteiger partial charge in [0.2, 0.25) is 0 Å². The zero-order chi connectivity index (χ0) is 19.1. The highest BCUT2D eigenvalue weighted by Crippen LogP contribution is 2.28. The summed E-state index contributed by atoms with van der Waals surface area (Å²) in [4.78, 5) is 21.0. The van der Waals surface area contributed by atoms with Crippen LogP contribution in [0.25, 0.3) is 5.65 Å². The SMILES string of the molecule is Cn1ccnc(N2CCC(c3nnc4ccc(N5CCCC5)nn34)CC2)c1=O. The first kappa shape index (κ1) is 17.2. The number of anilines is 2. The number of aromatic nitrogens is 6. The smallest absolute Gasteiger partial charge is 0.293 e. The molecule has 2 saturated heterocycles. The van der Waals surface area contributed by atoms with E-state index in [2.05, 4.69) is 25.0 Å². The lowest BCUT2D eigenvalue weighted by atomic mass is 9.96. The van der Waals surface area contributed by atoms with E-state index >= 15 is 0 Å². The fourth-order valence-corrected chi connectivity index (χ4v) is 4.22. The Morgan fingerprint density at radius 3 is 2.57 bits per heavy atom. The van der Waals surface area contributed by atoms with Gasteiger partial charge in [0, 0.05) is 51.5 Å². The average molecular weight is 380 g/mol. The predicted octanol–water partition coefficient (Wildman–Crippen LogP) is 1.20. The summed E-state index contributed by atoms with van der Waals surface area (Å²) in [6, 6.07) is 4.04. The van der Waals surface area contributed by atoms with E-state index in [9.17, 15) is 4.79 Å². The summed E-state index contributed by atoms with van der Waals surface area (Å²) in [5.41, 5.74) is 0.741. The lowest BCUT2D eigenvalue weighted by Gasteiger charge is -2.31. The third-order valence-corrected chi connectivity index (χ3v) is 5.86. The van der Waals surface area contributed by atoms with E-state index < -0.39 is 0 Å². The molecule has 0 N–H and O–H groups in total. The number of hydrogen-bond donors (Lipinski definition) is 0.